The maximum Gasteiger partial charge on any atom is 0.336 e. The Balaban J connectivity index is 2.42. The molecule has 16 heavy (non-hydrogen) atoms. The molecule has 0 aliphatic heterocycles. The van der Waals surface area contributed by atoms with E-state index in [0.717, 1.165) is 0 Å². The second kappa shape index (κ2) is 4.07. The number of aryl methyl sites for hydroxylation is 1. The van der Waals surface area contributed by atoms with Crippen molar-refractivity contribution in [1.82, 2.24) is 9.55 Å². The van der Waals surface area contributed by atoms with E-state index < -0.39 is 12.1 Å². The fourth-order valence-corrected chi connectivity index (χ4v) is 2.36. The Hall–Kier alpha value is -1.66. The number of aliphatic hydroxyl groups is 1. The van der Waals surface area contributed by atoms with E-state index in [1.807, 2.05) is 0 Å². The van der Waals surface area contributed by atoms with Crippen molar-refractivity contribution in [2.24, 2.45) is 7.05 Å². The number of carbonyl (C=O) groups is 1. The number of carboxylic acid groups (broad SMARTS) is 1. The van der Waals surface area contributed by atoms with E-state index in [1.165, 1.54) is 23.6 Å². The molecule has 1 unspecified atom stereocenters. The van der Waals surface area contributed by atoms with Crippen LogP contribution in [0.25, 0.3) is 0 Å². The number of aliphatic hydroxyl groups excluding tert-OH is 1. The van der Waals surface area contributed by atoms with Gasteiger partial charge in [-0.25, -0.2) is 9.78 Å². The third kappa shape index (κ3) is 1.72. The maximum absolute atomic E-state index is 10.9. The van der Waals surface area contributed by atoms with Gasteiger partial charge in [0.05, 0.1) is 28.7 Å². The van der Waals surface area contributed by atoms with Gasteiger partial charge in [0.2, 0.25) is 0 Å². The first kappa shape index (κ1) is 10.8. The van der Waals surface area contributed by atoms with Crippen LogP contribution in [0.2, 0.25) is 0 Å². The Bertz CT molecular complexity index is 518. The summed E-state index contributed by atoms with van der Waals surface area (Å²) in [5, 5.41) is 20.7. The zero-order chi connectivity index (χ0) is 11.7. The number of aromatic nitrogens is 2. The molecule has 0 radical (unpaired) electrons. The van der Waals surface area contributed by atoms with E-state index in [-0.39, 0.29) is 5.56 Å². The van der Waals surface area contributed by atoms with Gasteiger partial charge in [-0.1, -0.05) is 0 Å². The molecule has 6 heteroatoms. The van der Waals surface area contributed by atoms with Crippen LogP contribution in [0, 0.1) is 0 Å². The number of thiophene rings is 1. The number of hydrogen-bond acceptors (Lipinski definition) is 4. The fraction of sp³-hybridized carbons (Fsp3) is 0.200. The molecule has 0 saturated carbocycles. The van der Waals surface area contributed by atoms with Gasteiger partial charge >= 0.3 is 5.97 Å². The molecule has 84 valence electrons. The first-order valence-corrected chi connectivity index (χ1v) is 5.44. The quantitative estimate of drug-likeness (QED) is 0.844. The van der Waals surface area contributed by atoms with Crippen molar-refractivity contribution in [1.29, 1.82) is 0 Å². The summed E-state index contributed by atoms with van der Waals surface area (Å²) < 4.78 is 1.66. The Morgan fingerprint density at radius 2 is 2.38 bits per heavy atom. The van der Waals surface area contributed by atoms with Gasteiger partial charge in [-0.05, 0) is 11.4 Å². The molecule has 2 aromatic rings. The smallest absolute Gasteiger partial charge is 0.336 e. The summed E-state index contributed by atoms with van der Waals surface area (Å²) >= 11 is 1.22. The van der Waals surface area contributed by atoms with Crippen molar-refractivity contribution < 1.29 is 15.0 Å². The van der Waals surface area contributed by atoms with Crippen LogP contribution in [-0.2, 0) is 7.05 Å². The second-order valence-electron chi connectivity index (χ2n) is 3.34. The Morgan fingerprint density at radius 3 is 2.94 bits per heavy atom. The molecule has 0 saturated heterocycles. The van der Waals surface area contributed by atoms with Gasteiger partial charge < -0.3 is 14.8 Å². The van der Waals surface area contributed by atoms with Crippen molar-refractivity contribution >= 4 is 17.3 Å². The minimum absolute atomic E-state index is 0.138. The van der Waals surface area contributed by atoms with E-state index in [2.05, 4.69) is 4.98 Å². The summed E-state index contributed by atoms with van der Waals surface area (Å²) in [6, 6.07) is 1.49. The molecule has 0 fully saturated rings. The molecule has 0 amide bonds. The van der Waals surface area contributed by atoms with E-state index in [0.29, 0.717) is 10.6 Å². The van der Waals surface area contributed by atoms with Crippen molar-refractivity contribution in [3.8, 4) is 0 Å². The first-order chi connectivity index (χ1) is 7.61. The molecule has 0 spiro atoms. The number of nitrogens with zero attached hydrogens (tertiary/aromatic N) is 2. The average molecular weight is 238 g/mol. The summed E-state index contributed by atoms with van der Waals surface area (Å²) in [5.74, 6) is -1.03. The van der Waals surface area contributed by atoms with Crippen molar-refractivity contribution in [3.63, 3.8) is 0 Å². The number of hydrogen-bond donors (Lipinski definition) is 2. The van der Waals surface area contributed by atoms with E-state index in [9.17, 15) is 9.90 Å². The Morgan fingerprint density at radius 1 is 1.62 bits per heavy atom. The van der Waals surface area contributed by atoms with Gasteiger partial charge in [-0.2, -0.15) is 0 Å². The molecular formula is C10H10N2O3S. The predicted molar refractivity (Wildman–Crippen MR) is 58.5 cm³/mol. The predicted octanol–water partition coefficient (Wildman–Crippen LogP) is 1.26. The van der Waals surface area contributed by atoms with Crippen LogP contribution in [0.15, 0.2) is 24.0 Å². The van der Waals surface area contributed by atoms with Gasteiger partial charge in [-0.3, -0.25) is 0 Å². The molecule has 1 atom stereocenters. The highest BCUT2D eigenvalue weighted by molar-refractivity contribution is 7.10. The monoisotopic (exact) mass is 238 g/mol. The summed E-state index contributed by atoms with van der Waals surface area (Å²) in [7, 11) is 1.75. The molecule has 0 bridgehead atoms. The average Bonchev–Trinajstić information content (AvgIpc) is 2.84. The molecule has 0 aromatic carbocycles. The van der Waals surface area contributed by atoms with Gasteiger partial charge in [0.15, 0.2) is 0 Å². The molecule has 2 N–H and O–H groups in total. The summed E-state index contributed by atoms with van der Waals surface area (Å²) in [5.41, 5.74) is 0.712. The van der Waals surface area contributed by atoms with Crippen molar-refractivity contribution in [2.45, 2.75) is 6.10 Å². The summed E-state index contributed by atoms with van der Waals surface area (Å²) in [6.45, 7) is 0. The molecule has 5 nitrogen and oxygen atoms in total. The minimum Gasteiger partial charge on any atom is -0.478 e. The maximum atomic E-state index is 10.9. The van der Waals surface area contributed by atoms with Gasteiger partial charge in [0.25, 0.3) is 0 Å². The molecule has 0 aliphatic rings. The van der Waals surface area contributed by atoms with Crippen LogP contribution in [0.1, 0.15) is 27.0 Å². The van der Waals surface area contributed by atoms with Gasteiger partial charge in [0, 0.05) is 7.05 Å². The highest BCUT2D eigenvalue weighted by Gasteiger charge is 2.21. The van der Waals surface area contributed by atoms with E-state index >= 15 is 0 Å². The molecule has 2 aromatic heterocycles. The largest absolute Gasteiger partial charge is 0.478 e. The number of carboxylic acids is 1. The van der Waals surface area contributed by atoms with Gasteiger partial charge in [0.1, 0.15) is 6.10 Å². The van der Waals surface area contributed by atoms with Crippen LogP contribution >= 0.6 is 11.3 Å². The third-order valence-corrected chi connectivity index (χ3v) is 3.28. The van der Waals surface area contributed by atoms with E-state index in [4.69, 9.17) is 5.11 Å². The summed E-state index contributed by atoms with van der Waals surface area (Å²) in [6.07, 6.45) is 2.14. The third-order valence-electron chi connectivity index (χ3n) is 2.31. The second-order valence-corrected chi connectivity index (χ2v) is 4.28. The van der Waals surface area contributed by atoms with Crippen LogP contribution in [0.3, 0.4) is 0 Å². The van der Waals surface area contributed by atoms with Gasteiger partial charge in [-0.15, -0.1) is 11.3 Å². The number of rotatable bonds is 3. The lowest BCUT2D eigenvalue weighted by atomic mass is 10.1. The van der Waals surface area contributed by atoms with Crippen molar-refractivity contribution in [2.75, 3.05) is 0 Å². The lowest BCUT2D eigenvalue weighted by Crippen LogP contribution is -2.08. The van der Waals surface area contributed by atoms with Crippen LogP contribution in [0.4, 0.5) is 0 Å². The Kier molecular flexibility index (Phi) is 2.76. The fourth-order valence-electron chi connectivity index (χ4n) is 1.47. The molecule has 2 rings (SSSR count). The normalized spacial score (nSPS) is 12.6. The minimum atomic E-state index is -1.03. The topological polar surface area (TPSA) is 75.3 Å². The standard InChI is InChI=1S/C10H10N2O3S/c1-12-5-11-4-7(12)8(13)9-6(10(14)15)2-3-16-9/h2-5,8,13H,1H3,(H,14,15). The van der Waals surface area contributed by atoms with Crippen LogP contribution in [0.5, 0.6) is 0 Å². The zero-order valence-electron chi connectivity index (χ0n) is 8.49. The summed E-state index contributed by atoms with van der Waals surface area (Å²) in [4.78, 5) is 15.2. The van der Waals surface area contributed by atoms with E-state index in [1.54, 1.807) is 23.3 Å². The molecule has 0 aliphatic carbocycles. The van der Waals surface area contributed by atoms with Crippen LogP contribution in [-0.4, -0.2) is 25.7 Å². The zero-order valence-corrected chi connectivity index (χ0v) is 9.31. The first-order valence-electron chi connectivity index (χ1n) is 4.56. The number of imidazole rings is 1. The lowest BCUT2D eigenvalue weighted by Gasteiger charge is -2.10. The lowest BCUT2D eigenvalue weighted by molar-refractivity contribution is 0.0692. The molecule has 2 heterocycles. The van der Waals surface area contributed by atoms with Crippen LogP contribution < -0.4 is 0 Å². The Labute approximate surface area is 95.6 Å². The SMILES string of the molecule is Cn1cncc1C(O)c1sccc1C(=O)O. The highest BCUT2D eigenvalue weighted by Crippen LogP contribution is 2.29. The molecular weight excluding hydrogens is 228 g/mol. The van der Waals surface area contributed by atoms with Crippen molar-refractivity contribution in [3.05, 3.63) is 40.1 Å². The number of aromatic carboxylic acids is 1. The highest BCUT2D eigenvalue weighted by atomic mass is 32.1.